The first-order valence-electron chi connectivity index (χ1n) is 20.1. The zero-order chi connectivity index (χ0) is 44.3. The fourth-order valence-electron chi connectivity index (χ4n) is 6.74. The third-order valence-electron chi connectivity index (χ3n) is 9.79. The molecular formula is C39H64N12O8. The van der Waals surface area contributed by atoms with E-state index in [4.69, 9.17) is 22.7 Å². The van der Waals surface area contributed by atoms with Gasteiger partial charge in [-0.1, -0.05) is 58.3 Å². The number of aromatic hydroxyl groups is 1. The first-order valence-corrected chi connectivity index (χ1v) is 20.1. The molecule has 1 unspecified atom stereocenters. The highest BCUT2D eigenvalue weighted by molar-refractivity contribution is 5.96. The van der Waals surface area contributed by atoms with Crippen LogP contribution >= 0.6 is 0 Å². The van der Waals surface area contributed by atoms with Crippen molar-refractivity contribution in [1.29, 1.82) is 0 Å². The number of hydrogen-bond acceptors (Lipinski definition) is 10. The molecule has 12 N–H and O–H groups in total. The second-order valence-electron chi connectivity index (χ2n) is 16.4. The number of phenolic OH excluding ortho intramolecular Hbond substituents is 1. The number of likely N-dealkylation sites (tertiary alicyclic amines) is 1. The molecule has 1 heterocycles. The lowest BCUT2D eigenvalue weighted by atomic mass is 9.85. The average molecular weight is 829 g/mol. The van der Waals surface area contributed by atoms with Crippen molar-refractivity contribution in [3.63, 3.8) is 0 Å². The molecule has 0 saturated carbocycles. The molecule has 2 rings (SSSR count). The summed E-state index contributed by atoms with van der Waals surface area (Å²) in [7, 11) is 0. The SMILES string of the molecule is CC(C)C[C@H](NC(=O)[C@@H](NC(=O)[C@H](Cc1ccc(O)cc1)NC(=O)[C@@H]1CCCN1C(=O)[C@H](CCCN=C(N)N)NC(=O)CC(CCCCN)N=[N+]=[N-])C(C)(C)C)C(=O)O. The van der Waals surface area contributed by atoms with Crippen molar-refractivity contribution < 1.29 is 39.0 Å². The number of nitrogens with one attached hydrogen (secondary N) is 4. The zero-order valence-corrected chi connectivity index (χ0v) is 34.9. The maximum atomic E-state index is 14.2. The lowest BCUT2D eigenvalue weighted by molar-refractivity contribution is -0.143. The van der Waals surface area contributed by atoms with Gasteiger partial charge in [0.25, 0.3) is 0 Å². The van der Waals surface area contributed by atoms with Gasteiger partial charge in [0.15, 0.2) is 5.96 Å². The van der Waals surface area contributed by atoms with Gasteiger partial charge in [0.2, 0.25) is 29.5 Å². The molecule has 20 heteroatoms. The number of rotatable bonds is 24. The fourth-order valence-corrected chi connectivity index (χ4v) is 6.74. The van der Waals surface area contributed by atoms with E-state index in [0.29, 0.717) is 44.2 Å². The molecule has 5 amide bonds. The molecule has 1 fully saturated rings. The highest BCUT2D eigenvalue weighted by Gasteiger charge is 2.41. The maximum Gasteiger partial charge on any atom is 0.326 e. The van der Waals surface area contributed by atoms with Gasteiger partial charge in [-0.15, -0.1) is 0 Å². The van der Waals surface area contributed by atoms with Crippen molar-refractivity contribution in [3.8, 4) is 5.75 Å². The van der Waals surface area contributed by atoms with Crippen LogP contribution in [0.2, 0.25) is 0 Å². The first-order chi connectivity index (χ1) is 27.8. The van der Waals surface area contributed by atoms with Crippen LogP contribution in [-0.2, 0) is 35.2 Å². The van der Waals surface area contributed by atoms with E-state index in [1.165, 1.54) is 17.0 Å². The second-order valence-corrected chi connectivity index (χ2v) is 16.4. The van der Waals surface area contributed by atoms with Crippen molar-refractivity contribution in [3.05, 3.63) is 40.3 Å². The van der Waals surface area contributed by atoms with Crippen LogP contribution in [0.3, 0.4) is 0 Å². The van der Waals surface area contributed by atoms with Gasteiger partial charge in [0.05, 0.1) is 0 Å². The summed E-state index contributed by atoms with van der Waals surface area (Å²) in [6, 6.07) is -0.473. The monoisotopic (exact) mass is 828 g/mol. The van der Waals surface area contributed by atoms with Gasteiger partial charge in [0, 0.05) is 36.9 Å². The van der Waals surface area contributed by atoms with E-state index < -0.39 is 77.2 Å². The molecular weight excluding hydrogens is 765 g/mol. The van der Waals surface area contributed by atoms with Crippen molar-refractivity contribution >= 4 is 41.5 Å². The van der Waals surface area contributed by atoms with E-state index in [1.807, 2.05) is 13.8 Å². The highest BCUT2D eigenvalue weighted by atomic mass is 16.4. The lowest BCUT2D eigenvalue weighted by Crippen LogP contribution is -2.61. The number of nitrogens with two attached hydrogens (primary N) is 3. The molecule has 1 aliphatic heterocycles. The number of azide groups is 1. The number of phenols is 1. The van der Waals surface area contributed by atoms with E-state index in [1.54, 1.807) is 32.9 Å². The van der Waals surface area contributed by atoms with Crippen LogP contribution in [0, 0.1) is 11.3 Å². The molecule has 59 heavy (non-hydrogen) atoms. The molecule has 0 spiro atoms. The number of carboxylic acid groups (broad SMARTS) is 1. The largest absolute Gasteiger partial charge is 0.508 e. The van der Waals surface area contributed by atoms with Crippen LogP contribution in [0.5, 0.6) is 5.75 Å². The lowest BCUT2D eigenvalue weighted by Gasteiger charge is -2.33. The van der Waals surface area contributed by atoms with Crippen molar-refractivity contribution in [2.75, 3.05) is 19.6 Å². The quantitative estimate of drug-likeness (QED) is 0.0179. The summed E-state index contributed by atoms with van der Waals surface area (Å²) < 4.78 is 0. The number of aliphatic carboxylic acids is 1. The van der Waals surface area contributed by atoms with E-state index in [9.17, 15) is 39.0 Å². The number of unbranched alkanes of at least 4 members (excludes halogenated alkanes) is 1. The minimum Gasteiger partial charge on any atom is -0.508 e. The normalized spacial score (nSPS) is 16.4. The van der Waals surface area contributed by atoms with Crippen molar-refractivity contribution in [2.24, 2.45) is 38.6 Å². The molecule has 328 valence electrons. The summed E-state index contributed by atoms with van der Waals surface area (Å²) >= 11 is 0. The molecule has 1 aliphatic rings. The van der Waals surface area contributed by atoms with Gasteiger partial charge >= 0.3 is 5.97 Å². The third-order valence-corrected chi connectivity index (χ3v) is 9.79. The summed E-state index contributed by atoms with van der Waals surface area (Å²) in [5.41, 5.74) is 25.2. The Labute approximate surface area is 345 Å². The van der Waals surface area contributed by atoms with Crippen LogP contribution in [0.1, 0.15) is 98.0 Å². The minimum atomic E-state index is -1.28. The van der Waals surface area contributed by atoms with E-state index in [0.717, 1.165) is 0 Å². The predicted molar refractivity (Wildman–Crippen MR) is 221 cm³/mol. The van der Waals surface area contributed by atoms with E-state index >= 15 is 0 Å². The Morgan fingerprint density at radius 1 is 0.932 bits per heavy atom. The zero-order valence-electron chi connectivity index (χ0n) is 34.9. The Morgan fingerprint density at radius 2 is 1.61 bits per heavy atom. The molecule has 0 bridgehead atoms. The number of carbonyl (C=O) groups is 6. The molecule has 0 radical (unpaired) electrons. The van der Waals surface area contributed by atoms with E-state index in [2.05, 4.69) is 36.3 Å². The van der Waals surface area contributed by atoms with Crippen LogP contribution in [0.4, 0.5) is 0 Å². The summed E-state index contributed by atoms with van der Waals surface area (Å²) in [5.74, 6) is -4.59. The van der Waals surface area contributed by atoms with Crippen molar-refractivity contribution in [1.82, 2.24) is 26.2 Å². The van der Waals surface area contributed by atoms with Crippen LogP contribution in [-0.4, -0.2) is 112 Å². The number of aliphatic imine (C=N–C) groups is 1. The average Bonchev–Trinajstić information content (AvgIpc) is 3.65. The summed E-state index contributed by atoms with van der Waals surface area (Å²) in [6.45, 7) is 9.55. The van der Waals surface area contributed by atoms with Crippen LogP contribution in [0.25, 0.3) is 10.4 Å². The number of benzene rings is 1. The highest BCUT2D eigenvalue weighted by Crippen LogP contribution is 2.23. The Morgan fingerprint density at radius 3 is 2.19 bits per heavy atom. The molecule has 0 aliphatic carbocycles. The Bertz CT molecular complexity index is 1660. The Hall–Kier alpha value is -5.62. The first kappa shape index (κ1) is 49.5. The standard InChI is InChI=1S/C39H64N12O8/c1-23(2)20-29(37(58)59)47-35(56)32(39(3,4)5)48-33(54)28(21-24-13-15-26(52)16-14-24)46-34(55)30-12-9-19-51(30)36(57)27(11-8-18-44-38(41)42)45-31(53)22-25(49-50-43)10-6-7-17-40/h13-16,23,25,27-30,32,52H,6-12,17-22,40H2,1-5H3,(H,45,53)(H,46,55)(H,47,56)(H,48,54)(H,58,59)(H4,41,42,44)/t25?,27-,28-,29-,30-,32+/m0/s1. The van der Waals surface area contributed by atoms with E-state index in [-0.39, 0.29) is 62.8 Å². The predicted octanol–water partition coefficient (Wildman–Crippen LogP) is 1.29. The summed E-state index contributed by atoms with van der Waals surface area (Å²) in [5, 5.41) is 34.2. The molecule has 20 nitrogen and oxygen atoms in total. The Balaban J connectivity index is 2.39. The van der Waals surface area contributed by atoms with Crippen LogP contribution < -0.4 is 38.5 Å². The molecule has 1 aromatic rings. The smallest absolute Gasteiger partial charge is 0.326 e. The topological polar surface area (TPSA) is 333 Å². The van der Waals surface area contributed by atoms with Gasteiger partial charge in [-0.3, -0.25) is 29.0 Å². The van der Waals surface area contributed by atoms with Gasteiger partial charge in [-0.25, -0.2) is 4.79 Å². The molecule has 6 atom stereocenters. The van der Waals surface area contributed by atoms with Gasteiger partial charge < -0.3 is 53.6 Å². The summed E-state index contributed by atoms with van der Waals surface area (Å²) in [4.78, 5) is 89.4. The van der Waals surface area contributed by atoms with Crippen LogP contribution in [0.15, 0.2) is 34.4 Å². The van der Waals surface area contributed by atoms with Gasteiger partial charge in [-0.05, 0) is 86.1 Å². The molecule has 1 aromatic carbocycles. The van der Waals surface area contributed by atoms with Gasteiger partial charge in [0.1, 0.15) is 36.0 Å². The number of hydrogen-bond donors (Lipinski definition) is 9. The number of carboxylic acids is 1. The third kappa shape index (κ3) is 17.4. The minimum absolute atomic E-state index is 0.0161. The summed E-state index contributed by atoms with van der Waals surface area (Å²) in [6.07, 6.45) is 2.78. The second kappa shape index (κ2) is 24.3. The number of nitrogens with zero attached hydrogens (tertiary/aromatic N) is 5. The van der Waals surface area contributed by atoms with Gasteiger partial charge in [-0.2, -0.15) is 0 Å². The number of amides is 5. The molecule has 1 saturated heterocycles. The number of carbonyl (C=O) groups excluding carboxylic acids is 5. The maximum absolute atomic E-state index is 14.2. The van der Waals surface area contributed by atoms with Crippen molar-refractivity contribution in [2.45, 2.75) is 135 Å². The number of guanidine groups is 1. The molecule has 0 aromatic heterocycles. The Kier molecular flexibility index (Phi) is 20.4. The fraction of sp³-hybridized carbons (Fsp3) is 0.667.